The number of benzene rings is 2. The van der Waals surface area contributed by atoms with Crippen LogP contribution in [0.3, 0.4) is 0 Å². The number of hydrogen-bond acceptors (Lipinski definition) is 7. The van der Waals surface area contributed by atoms with Crippen molar-refractivity contribution in [2.75, 3.05) is 6.54 Å². The number of aliphatic carboxylic acids is 1. The molecule has 0 bridgehead atoms. The summed E-state index contributed by atoms with van der Waals surface area (Å²) in [7, 11) is -4.69. The highest BCUT2D eigenvalue weighted by Crippen LogP contribution is 2.24. The van der Waals surface area contributed by atoms with Crippen LogP contribution in [0.2, 0.25) is 5.02 Å². The van der Waals surface area contributed by atoms with E-state index in [1.807, 2.05) is 42.5 Å². The quantitative estimate of drug-likeness (QED) is 0.509. The van der Waals surface area contributed by atoms with Crippen molar-refractivity contribution in [1.82, 2.24) is 0 Å². The molecule has 0 radical (unpaired) electrons. The molecule has 166 valence electrons. The Morgan fingerprint density at radius 1 is 1.13 bits per heavy atom. The highest BCUT2D eigenvalue weighted by atomic mass is 35.7. The number of carbonyl (C=O) groups is 1. The van der Waals surface area contributed by atoms with Gasteiger partial charge in [-0.1, -0.05) is 24.6 Å². The number of hydrogen-bond donors (Lipinski definition) is 2. The van der Waals surface area contributed by atoms with Gasteiger partial charge in [0.25, 0.3) is 0 Å². The third kappa shape index (κ3) is 8.66. The van der Waals surface area contributed by atoms with Gasteiger partial charge in [0.1, 0.15) is 11.3 Å². The molecule has 3 rings (SSSR count). The molecule has 0 saturated heterocycles. The van der Waals surface area contributed by atoms with E-state index >= 15 is 0 Å². The first kappa shape index (κ1) is 24.8. The summed E-state index contributed by atoms with van der Waals surface area (Å²) >= 11 is 5.97. The molecule has 0 spiro atoms. The minimum atomic E-state index is -4.69. The molecule has 0 atom stereocenters. The Morgan fingerprint density at radius 3 is 2.35 bits per heavy atom. The van der Waals surface area contributed by atoms with E-state index in [-0.39, 0.29) is 6.42 Å². The van der Waals surface area contributed by atoms with Crippen LogP contribution in [0, 0.1) is 10.2 Å². The van der Waals surface area contributed by atoms with Gasteiger partial charge in [0.2, 0.25) is 0 Å². The Kier molecular flexibility index (Phi) is 9.00. The molecule has 0 aliphatic carbocycles. The third-order valence-corrected chi connectivity index (χ3v) is 4.43. The van der Waals surface area contributed by atoms with Gasteiger partial charge >= 0.3 is 5.97 Å². The van der Waals surface area contributed by atoms with Crippen molar-refractivity contribution in [2.45, 2.75) is 26.2 Å². The van der Waals surface area contributed by atoms with Gasteiger partial charge in [-0.3, -0.25) is 9.79 Å². The number of carboxylic acid groups (broad SMARTS) is 1. The van der Waals surface area contributed by atoms with Crippen LogP contribution in [0.15, 0.2) is 57.9 Å². The summed E-state index contributed by atoms with van der Waals surface area (Å²) < 4.78 is 38.8. The Morgan fingerprint density at radius 2 is 1.77 bits per heavy atom. The van der Waals surface area contributed by atoms with Gasteiger partial charge in [0, 0.05) is 35.0 Å². The third-order valence-electron chi connectivity index (χ3n) is 4.18. The lowest BCUT2D eigenvalue weighted by atomic mass is 10.1. The Bertz CT molecular complexity index is 1080. The molecule has 1 aromatic heterocycles. The van der Waals surface area contributed by atoms with E-state index in [4.69, 9.17) is 39.8 Å². The summed E-state index contributed by atoms with van der Waals surface area (Å²) in [6.45, 7) is 2.56. The van der Waals surface area contributed by atoms with E-state index in [9.17, 15) is 4.79 Å². The van der Waals surface area contributed by atoms with Crippen LogP contribution in [-0.2, 0) is 11.2 Å². The lowest BCUT2D eigenvalue weighted by molar-refractivity contribution is -1.92. The highest BCUT2D eigenvalue weighted by molar-refractivity contribution is 6.30. The van der Waals surface area contributed by atoms with Gasteiger partial charge in [-0.15, -0.1) is 0 Å². The summed E-state index contributed by atoms with van der Waals surface area (Å²) in [5.41, 5.74) is 2.87. The average Bonchev–Trinajstić information content (AvgIpc) is 2.69. The second-order valence-corrected chi connectivity index (χ2v) is 7.69. The fourth-order valence-electron chi connectivity index (χ4n) is 2.75. The van der Waals surface area contributed by atoms with E-state index in [2.05, 4.69) is 18.0 Å². The molecule has 1 heterocycles. The Hall–Kier alpha value is -2.46. The molecule has 2 N–H and O–H groups in total. The van der Waals surface area contributed by atoms with Crippen molar-refractivity contribution in [3.05, 3.63) is 64.5 Å². The summed E-state index contributed by atoms with van der Waals surface area (Å²) in [5, 5.41) is 11.2. The van der Waals surface area contributed by atoms with Crippen molar-refractivity contribution in [2.24, 2.45) is 4.99 Å². The largest absolute Gasteiger partial charge is 0.481 e. The number of halogens is 2. The SMILES string of the molecule is CCc1ccc2oc(-c3ccc(Cl)cc3)cc(=NCCCC(=O)O)c2c1.[O-][Cl+3]([O-])([O-])O. The van der Waals surface area contributed by atoms with Gasteiger partial charge in [-0.2, -0.15) is 14.0 Å². The summed E-state index contributed by atoms with van der Waals surface area (Å²) in [6, 6.07) is 15.5. The smallest absolute Gasteiger partial charge is 0.303 e. The molecule has 0 saturated carbocycles. The molecular weight excluding hydrogens is 449 g/mol. The summed E-state index contributed by atoms with van der Waals surface area (Å²) in [4.78, 5) is 15.3. The number of fused-ring (bicyclic) bond motifs is 1. The van der Waals surface area contributed by atoms with E-state index in [1.54, 1.807) is 0 Å². The predicted octanol–water partition coefficient (Wildman–Crippen LogP) is 0.957. The maximum absolute atomic E-state index is 10.7. The predicted molar refractivity (Wildman–Crippen MR) is 106 cm³/mol. The topological polar surface area (TPSA) is 152 Å². The van der Waals surface area contributed by atoms with E-state index in [0.717, 1.165) is 28.3 Å². The zero-order chi connectivity index (χ0) is 23.0. The summed E-state index contributed by atoms with van der Waals surface area (Å²) in [6.07, 6.45) is 1.54. The molecule has 0 unspecified atom stereocenters. The normalized spacial score (nSPS) is 11.9. The zero-order valence-corrected chi connectivity index (χ0v) is 18.1. The monoisotopic (exact) mass is 469 g/mol. The number of nitrogens with zero attached hydrogens (tertiary/aromatic N) is 1. The van der Waals surface area contributed by atoms with E-state index in [0.29, 0.717) is 23.7 Å². The molecule has 0 aliphatic rings. The molecule has 31 heavy (non-hydrogen) atoms. The van der Waals surface area contributed by atoms with Gasteiger partial charge in [-0.05, 0) is 54.8 Å². The van der Waals surface area contributed by atoms with Gasteiger partial charge in [-0.25, -0.2) is 0 Å². The van der Waals surface area contributed by atoms with Crippen LogP contribution in [0.5, 0.6) is 0 Å². The highest BCUT2D eigenvalue weighted by Gasteiger charge is 2.07. The van der Waals surface area contributed by atoms with Crippen LogP contribution in [-0.4, -0.2) is 22.3 Å². The van der Waals surface area contributed by atoms with Crippen LogP contribution in [0.4, 0.5) is 0 Å². The standard InChI is InChI=1S/C21H20ClNO3.ClHO4/c1-2-14-5-10-19-17(12-14)18(23-11-3-4-21(24)25)13-20(26-19)15-6-8-16(22)9-7-15;2-1(3,4)5/h5-10,12-13H,2-4,11H2,1H3,(H,24,25);(H,2,3,4,5). The molecule has 10 heteroatoms. The zero-order valence-electron chi connectivity index (χ0n) is 16.6. The van der Waals surface area contributed by atoms with Gasteiger partial charge < -0.3 is 9.52 Å². The fourth-order valence-corrected chi connectivity index (χ4v) is 2.88. The lowest BCUT2D eigenvalue weighted by Crippen LogP contribution is -2.58. The van der Waals surface area contributed by atoms with Gasteiger partial charge in [0.15, 0.2) is 0 Å². The van der Waals surface area contributed by atoms with Crippen molar-refractivity contribution in [1.29, 1.82) is 0 Å². The van der Waals surface area contributed by atoms with E-state index < -0.39 is 16.2 Å². The van der Waals surface area contributed by atoms with Crippen molar-refractivity contribution in [3.8, 4) is 11.3 Å². The molecular formula is C21H21Cl2NO7. The van der Waals surface area contributed by atoms with E-state index in [1.165, 1.54) is 5.56 Å². The lowest BCUT2D eigenvalue weighted by Gasteiger charge is -2.07. The molecule has 0 aliphatic heterocycles. The minimum Gasteiger partial charge on any atom is -0.481 e. The molecule has 3 aromatic rings. The first-order valence-electron chi connectivity index (χ1n) is 9.25. The molecule has 8 nitrogen and oxygen atoms in total. The number of aryl methyl sites for hydroxylation is 1. The van der Waals surface area contributed by atoms with Crippen molar-refractivity contribution >= 4 is 28.5 Å². The van der Waals surface area contributed by atoms with Crippen molar-refractivity contribution < 1.29 is 43.2 Å². The van der Waals surface area contributed by atoms with Crippen molar-refractivity contribution in [3.63, 3.8) is 0 Å². The minimum absolute atomic E-state index is 0.114. The summed E-state index contributed by atoms with van der Waals surface area (Å²) in [5.74, 6) is -0.0985. The first-order valence-corrected chi connectivity index (χ1v) is 10.9. The Balaban J connectivity index is 0.000000614. The molecule has 0 amide bonds. The van der Waals surface area contributed by atoms with Crippen LogP contribution in [0.1, 0.15) is 25.3 Å². The second-order valence-electron chi connectivity index (χ2n) is 6.46. The van der Waals surface area contributed by atoms with Gasteiger partial charge in [0.05, 0.1) is 20.3 Å². The fraction of sp³-hybridized carbons (Fsp3) is 0.238. The first-order chi connectivity index (χ1) is 14.6. The second kappa shape index (κ2) is 11.2. The molecule has 0 fully saturated rings. The maximum Gasteiger partial charge on any atom is 0.303 e. The number of rotatable bonds is 6. The van der Waals surface area contributed by atoms with Crippen LogP contribution >= 0.6 is 11.6 Å². The number of carboxylic acids is 1. The Labute approximate surface area is 185 Å². The maximum atomic E-state index is 10.7. The average molecular weight is 470 g/mol. The molecule has 2 aromatic carbocycles. The van der Waals surface area contributed by atoms with Crippen LogP contribution in [0.25, 0.3) is 22.3 Å². The van der Waals surface area contributed by atoms with Crippen LogP contribution < -0.4 is 19.3 Å².